The molecule has 0 spiro atoms. The molecule has 0 radical (unpaired) electrons. The van der Waals surface area contributed by atoms with Crippen LogP contribution in [0.2, 0.25) is 5.02 Å². The van der Waals surface area contributed by atoms with Gasteiger partial charge in [-0.2, -0.15) is 0 Å². The molecular weight excluding hydrogens is 430 g/mol. The molecule has 0 aliphatic heterocycles. The number of aromatic nitrogens is 4. The van der Waals surface area contributed by atoms with Crippen LogP contribution in [0, 0.1) is 5.92 Å². The lowest BCUT2D eigenvalue weighted by Crippen LogP contribution is -2.35. The molecule has 2 aromatic heterocycles. The maximum Gasteiger partial charge on any atom is 0.231 e. The zero-order valence-electron chi connectivity index (χ0n) is 17.7. The highest BCUT2D eigenvalue weighted by atomic mass is 35.5. The average Bonchev–Trinajstić information content (AvgIpc) is 3.49. The van der Waals surface area contributed by atoms with Crippen LogP contribution in [0.1, 0.15) is 43.6 Å². The number of hydrogen-bond acceptors (Lipinski definition) is 5. The van der Waals surface area contributed by atoms with Crippen LogP contribution in [0.15, 0.2) is 53.9 Å². The van der Waals surface area contributed by atoms with Crippen LogP contribution in [0.4, 0.5) is 0 Å². The number of nitrogens with one attached hydrogen (secondary N) is 1. The summed E-state index contributed by atoms with van der Waals surface area (Å²) in [5.74, 6) is 2.06. The molecule has 0 bridgehead atoms. The summed E-state index contributed by atoms with van der Waals surface area (Å²) in [6.45, 7) is 5.50. The van der Waals surface area contributed by atoms with Crippen molar-refractivity contribution in [1.29, 1.82) is 0 Å². The van der Waals surface area contributed by atoms with Gasteiger partial charge in [0.2, 0.25) is 5.91 Å². The lowest BCUT2D eigenvalue weighted by molar-refractivity contribution is -0.123. The predicted molar refractivity (Wildman–Crippen MR) is 123 cm³/mol. The van der Waals surface area contributed by atoms with Gasteiger partial charge in [0.1, 0.15) is 0 Å². The minimum Gasteiger partial charge on any atom is -0.348 e. The number of carbonyl (C=O) groups excluding carboxylic acids is 1. The van der Waals surface area contributed by atoms with E-state index >= 15 is 0 Å². The largest absolute Gasteiger partial charge is 0.348 e. The second-order valence-corrected chi connectivity index (χ2v) is 9.70. The molecule has 4 rings (SSSR count). The first-order valence-electron chi connectivity index (χ1n) is 10.5. The number of pyridine rings is 1. The fraction of sp³-hybridized carbons (Fsp3) is 0.391. The van der Waals surface area contributed by atoms with Gasteiger partial charge in [-0.25, -0.2) is 0 Å². The molecule has 1 fully saturated rings. The molecule has 31 heavy (non-hydrogen) atoms. The third-order valence-electron chi connectivity index (χ3n) is 5.45. The predicted octanol–water partition coefficient (Wildman–Crippen LogP) is 4.62. The van der Waals surface area contributed by atoms with Crippen molar-refractivity contribution in [1.82, 2.24) is 25.1 Å². The Morgan fingerprint density at radius 2 is 1.87 bits per heavy atom. The summed E-state index contributed by atoms with van der Waals surface area (Å²) in [6, 6.07) is 11.6. The smallest absolute Gasteiger partial charge is 0.231 e. The fourth-order valence-electron chi connectivity index (χ4n) is 3.60. The monoisotopic (exact) mass is 455 g/mol. The number of halogens is 1. The van der Waals surface area contributed by atoms with Gasteiger partial charge in [0.15, 0.2) is 11.0 Å². The van der Waals surface area contributed by atoms with Crippen LogP contribution in [0.3, 0.4) is 0 Å². The van der Waals surface area contributed by atoms with Gasteiger partial charge >= 0.3 is 0 Å². The Hall–Kier alpha value is -2.38. The first kappa shape index (κ1) is 21.8. The molecule has 6 nitrogen and oxygen atoms in total. The Labute approximate surface area is 191 Å². The normalized spacial score (nSPS) is 14.6. The highest BCUT2D eigenvalue weighted by Gasteiger charge is 2.51. The van der Waals surface area contributed by atoms with Crippen molar-refractivity contribution >= 4 is 29.3 Å². The number of rotatable bonds is 9. The zero-order chi connectivity index (χ0) is 21.8. The minimum atomic E-state index is -0.438. The summed E-state index contributed by atoms with van der Waals surface area (Å²) in [5.41, 5.74) is 1.77. The Balaban J connectivity index is 1.44. The zero-order valence-corrected chi connectivity index (χ0v) is 19.3. The SMILES string of the molecule is CC(C)Cn1c(CNC(=O)C2(c3ccc(Cl)cc3)CC2)nnc1SCc1ccncc1. The standard InChI is InChI=1S/C23H26ClN5OS/c1-16(2)14-29-20(27-28-22(29)31-15-17-7-11-25-12-8-17)13-26-21(30)23(9-10-23)18-3-5-19(24)6-4-18/h3-8,11-12,16H,9-10,13-15H2,1-2H3,(H,26,30). The lowest BCUT2D eigenvalue weighted by atomic mass is 9.95. The third kappa shape index (κ3) is 5.10. The number of nitrogens with zero attached hydrogens (tertiary/aromatic N) is 4. The van der Waals surface area contributed by atoms with Gasteiger partial charge < -0.3 is 9.88 Å². The summed E-state index contributed by atoms with van der Waals surface area (Å²) in [5, 5.41) is 13.4. The van der Waals surface area contributed by atoms with E-state index in [2.05, 4.69) is 38.9 Å². The molecule has 1 saturated carbocycles. The van der Waals surface area contributed by atoms with Gasteiger partial charge in [0.05, 0.1) is 12.0 Å². The lowest BCUT2D eigenvalue weighted by Gasteiger charge is -2.17. The van der Waals surface area contributed by atoms with Gasteiger partial charge in [-0.05, 0) is 54.2 Å². The van der Waals surface area contributed by atoms with E-state index in [4.69, 9.17) is 11.6 Å². The quantitative estimate of drug-likeness (QED) is 0.476. The van der Waals surface area contributed by atoms with Gasteiger partial charge in [0.25, 0.3) is 0 Å². The maximum absolute atomic E-state index is 13.0. The van der Waals surface area contributed by atoms with Crippen molar-refractivity contribution < 1.29 is 4.79 Å². The van der Waals surface area contributed by atoms with E-state index in [1.54, 1.807) is 24.2 Å². The summed E-state index contributed by atoms with van der Waals surface area (Å²) in [7, 11) is 0. The minimum absolute atomic E-state index is 0.0416. The molecule has 1 N–H and O–H groups in total. The maximum atomic E-state index is 13.0. The molecule has 1 aliphatic carbocycles. The number of benzene rings is 1. The van der Waals surface area contributed by atoms with Gasteiger partial charge in [-0.3, -0.25) is 9.78 Å². The second kappa shape index (κ2) is 9.40. The van der Waals surface area contributed by atoms with Crippen molar-refractivity contribution in [3.63, 3.8) is 0 Å². The van der Waals surface area contributed by atoms with Gasteiger partial charge in [0, 0.05) is 29.7 Å². The topological polar surface area (TPSA) is 72.7 Å². The van der Waals surface area contributed by atoms with E-state index in [9.17, 15) is 4.79 Å². The molecular formula is C23H26ClN5OS. The van der Waals surface area contributed by atoms with E-state index in [-0.39, 0.29) is 5.91 Å². The van der Waals surface area contributed by atoms with Crippen LogP contribution in [0.25, 0.3) is 0 Å². The molecule has 0 unspecified atom stereocenters. The fourth-order valence-corrected chi connectivity index (χ4v) is 4.65. The molecule has 0 saturated heterocycles. The van der Waals surface area contributed by atoms with Crippen LogP contribution in [-0.2, 0) is 29.1 Å². The van der Waals surface area contributed by atoms with Crippen molar-refractivity contribution in [2.24, 2.45) is 5.92 Å². The number of carbonyl (C=O) groups is 1. The van der Waals surface area contributed by atoms with Crippen LogP contribution in [-0.4, -0.2) is 25.7 Å². The van der Waals surface area contributed by atoms with E-state index in [0.29, 0.717) is 17.5 Å². The highest BCUT2D eigenvalue weighted by molar-refractivity contribution is 7.98. The number of hydrogen-bond donors (Lipinski definition) is 1. The molecule has 1 aromatic carbocycles. The first-order valence-corrected chi connectivity index (χ1v) is 11.8. The Bertz CT molecular complexity index is 1030. The Kier molecular flexibility index (Phi) is 6.62. The Morgan fingerprint density at radius 3 is 2.52 bits per heavy atom. The highest BCUT2D eigenvalue weighted by Crippen LogP contribution is 2.48. The van der Waals surface area contributed by atoms with Crippen molar-refractivity contribution in [2.45, 2.75) is 56.1 Å². The number of amides is 1. The molecule has 8 heteroatoms. The summed E-state index contributed by atoms with van der Waals surface area (Å²) >= 11 is 7.65. The number of thioether (sulfide) groups is 1. The average molecular weight is 456 g/mol. The van der Waals surface area contributed by atoms with Crippen LogP contribution in [0.5, 0.6) is 0 Å². The molecule has 162 valence electrons. The van der Waals surface area contributed by atoms with Crippen LogP contribution >= 0.6 is 23.4 Å². The Morgan fingerprint density at radius 1 is 1.16 bits per heavy atom. The summed E-state index contributed by atoms with van der Waals surface area (Å²) in [4.78, 5) is 17.1. The van der Waals surface area contributed by atoms with E-state index < -0.39 is 5.41 Å². The van der Waals surface area contributed by atoms with Crippen LogP contribution < -0.4 is 5.32 Å². The molecule has 0 atom stereocenters. The van der Waals surface area contributed by atoms with Crippen molar-refractivity contribution in [3.8, 4) is 0 Å². The molecule has 3 aromatic rings. The van der Waals surface area contributed by atoms with E-state index in [1.165, 1.54) is 5.56 Å². The molecule has 1 aliphatic rings. The van der Waals surface area contributed by atoms with Gasteiger partial charge in [-0.15, -0.1) is 10.2 Å². The first-order chi connectivity index (χ1) is 15.0. The third-order valence-corrected chi connectivity index (χ3v) is 6.74. The van der Waals surface area contributed by atoms with Crippen molar-refractivity contribution in [3.05, 3.63) is 70.8 Å². The van der Waals surface area contributed by atoms with Crippen molar-refractivity contribution in [2.75, 3.05) is 0 Å². The van der Waals surface area contributed by atoms with E-state index in [0.717, 1.165) is 41.7 Å². The molecule has 2 heterocycles. The summed E-state index contributed by atoms with van der Waals surface area (Å²) in [6.07, 6.45) is 5.30. The summed E-state index contributed by atoms with van der Waals surface area (Å²) < 4.78 is 2.12. The molecule has 1 amide bonds. The van der Waals surface area contributed by atoms with E-state index in [1.807, 2.05) is 36.4 Å². The second-order valence-electron chi connectivity index (χ2n) is 8.32. The van der Waals surface area contributed by atoms with Gasteiger partial charge in [-0.1, -0.05) is 49.3 Å².